The number of hydrogen-bond acceptors (Lipinski definition) is 2. The standard InChI is InChI=1S/C23H29NO2/c1-5-21(26-22-13-15(2)9-10-16(22)3)23(25)24-17(4)19-12-11-18-7-6-8-20(18)14-19/h9-14,17,21H,5-8H2,1-4H3,(H,24,25)/t17-,21+/m0/s1. The maximum absolute atomic E-state index is 12.8. The maximum atomic E-state index is 12.8. The minimum atomic E-state index is -0.479. The van der Waals surface area contributed by atoms with E-state index in [4.69, 9.17) is 4.74 Å². The van der Waals surface area contributed by atoms with Gasteiger partial charge >= 0.3 is 0 Å². The van der Waals surface area contributed by atoms with E-state index >= 15 is 0 Å². The van der Waals surface area contributed by atoms with Crippen molar-refractivity contribution in [2.45, 2.75) is 65.5 Å². The van der Waals surface area contributed by atoms with E-state index < -0.39 is 6.10 Å². The van der Waals surface area contributed by atoms with Crippen LogP contribution in [-0.4, -0.2) is 12.0 Å². The predicted octanol–water partition coefficient (Wildman–Crippen LogP) is 4.83. The first kappa shape index (κ1) is 18.5. The van der Waals surface area contributed by atoms with Gasteiger partial charge in [-0.15, -0.1) is 0 Å². The maximum Gasteiger partial charge on any atom is 0.261 e. The third kappa shape index (κ3) is 4.09. The zero-order valence-corrected chi connectivity index (χ0v) is 16.3. The van der Waals surface area contributed by atoms with Crippen LogP contribution >= 0.6 is 0 Å². The van der Waals surface area contributed by atoms with Crippen molar-refractivity contribution in [2.75, 3.05) is 0 Å². The van der Waals surface area contributed by atoms with Gasteiger partial charge in [-0.2, -0.15) is 0 Å². The van der Waals surface area contributed by atoms with E-state index in [1.165, 1.54) is 29.5 Å². The molecule has 0 saturated heterocycles. The molecule has 3 nitrogen and oxygen atoms in total. The summed E-state index contributed by atoms with van der Waals surface area (Å²) in [6.45, 7) is 8.06. The van der Waals surface area contributed by atoms with Gasteiger partial charge in [-0.05, 0) is 80.3 Å². The molecule has 1 aliphatic carbocycles. The number of ether oxygens (including phenoxy) is 1. The summed E-state index contributed by atoms with van der Waals surface area (Å²) in [6.07, 6.45) is 3.72. The van der Waals surface area contributed by atoms with Crippen molar-refractivity contribution in [1.82, 2.24) is 5.32 Å². The minimum Gasteiger partial charge on any atom is -0.480 e. The van der Waals surface area contributed by atoms with Gasteiger partial charge in [-0.1, -0.05) is 37.3 Å². The minimum absolute atomic E-state index is 0.0235. The molecule has 0 radical (unpaired) electrons. The molecule has 0 unspecified atom stereocenters. The average Bonchev–Trinajstić information content (AvgIpc) is 3.09. The lowest BCUT2D eigenvalue weighted by Crippen LogP contribution is -2.39. The number of benzene rings is 2. The second-order valence-electron chi connectivity index (χ2n) is 7.40. The Balaban J connectivity index is 1.67. The number of aryl methyl sites for hydroxylation is 4. The van der Waals surface area contributed by atoms with Gasteiger partial charge in [0.2, 0.25) is 0 Å². The second kappa shape index (κ2) is 7.94. The van der Waals surface area contributed by atoms with E-state index in [2.05, 4.69) is 29.6 Å². The van der Waals surface area contributed by atoms with Crippen molar-refractivity contribution in [3.63, 3.8) is 0 Å². The van der Waals surface area contributed by atoms with E-state index in [-0.39, 0.29) is 11.9 Å². The largest absolute Gasteiger partial charge is 0.480 e. The molecule has 0 bridgehead atoms. The number of fused-ring (bicyclic) bond motifs is 1. The number of hydrogen-bond donors (Lipinski definition) is 1. The van der Waals surface area contributed by atoms with Gasteiger partial charge in [-0.25, -0.2) is 0 Å². The zero-order chi connectivity index (χ0) is 18.7. The van der Waals surface area contributed by atoms with Crippen LogP contribution in [0.25, 0.3) is 0 Å². The number of carbonyl (C=O) groups excluding carboxylic acids is 1. The first-order valence-electron chi connectivity index (χ1n) is 9.64. The fraction of sp³-hybridized carbons (Fsp3) is 0.435. The summed E-state index contributed by atoms with van der Waals surface area (Å²) in [5.74, 6) is 0.735. The van der Waals surface area contributed by atoms with E-state index in [1.54, 1.807) is 0 Å². The Hall–Kier alpha value is -2.29. The Bertz CT molecular complexity index is 797. The van der Waals surface area contributed by atoms with Crippen molar-refractivity contribution >= 4 is 5.91 Å². The third-order valence-electron chi connectivity index (χ3n) is 5.26. The van der Waals surface area contributed by atoms with Gasteiger partial charge in [0.05, 0.1) is 6.04 Å². The van der Waals surface area contributed by atoms with Gasteiger partial charge in [0, 0.05) is 0 Å². The molecule has 1 N–H and O–H groups in total. The lowest BCUT2D eigenvalue weighted by Gasteiger charge is -2.22. The van der Waals surface area contributed by atoms with Crippen LogP contribution in [-0.2, 0) is 17.6 Å². The predicted molar refractivity (Wildman–Crippen MR) is 106 cm³/mol. The van der Waals surface area contributed by atoms with E-state index in [1.807, 2.05) is 39.8 Å². The SMILES string of the molecule is CC[C@@H](Oc1cc(C)ccc1C)C(=O)N[C@@H](C)c1ccc2c(c1)CCC2. The lowest BCUT2D eigenvalue weighted by molar-refractivity contribution is -0.128. The molecular formula is C23H29NO2. The molecule has 3 heteroatoms. The zero-order valence-electron chi connectivity index (χ0n) is 16.3. The van der Waals surface area contributed by atoms with E-state index in [9.17, 15) is 4.79 Å². The van der Waals surface area contributed by atoms with Crippen molar-refractivity contribution in [3.8, 4) is 5.75 Å². The molecule has 0 aromatic heterocycles. The van der Waals surface area contributed by atoms with Crippen molar-refractivity contribution < 1.29 is 9.53 Å². The van der Waals surface area contributed by atoms with Gasteiger partial charge < -0.3 is 10.1 Å². The summed E-state index contributed by atoms with van der Waals surface area (Å²) in [7, 11) is 0. The molecule has 2 atom stereocenters. The molecule has 0 aliphatic heterocycles. The molecule has 26 heavy (non-hydrogen) atoms. The number of carbonyl (C=O) groups is 1. The van der Waals surface area contributed by atoms with Gasteiger partial charge in [-0.3, -0.25) is 4.79 Å². The fourth-order valence-electron chi connectivity index (χ4n) is 3.56. The van der Waals surface area contributed by atoms with Crippen molar-refractivity contribution in [2.24, 2.45) is 0 Å². The van der Waals surface area contributed by atoms with Crippen LogP contribution in [0.15, 0.2) is 36.4 Å². The van der Waals surface area contributed by atoms with Gasteiger partial charge in [0.1, 0.15) is 5.75 Å². The molecule has 138 valence electrons. The topological polar surface area (TPSA) is 38.3 Å². The molecule has 1 amide bonds. The van der Waals surface area contributed by atoms with Crippen LogP contribution in [0.1, 0.15) is 60.5 Å². The Morgan fingerprint density at radius 1 is 1.12 bits per heavy atom. The first-order valence-corrected chi connectivity index (χ1v) is 9.64. The van der Waals surface area contributed by atoms with Crippen LogP contribution < -0.4 is 10.1 Å². The van der Waals surface area contributed by atoms with Crippen LogP contribution in [0.4, 0.5) is 0 Å². The van der Waals surface area contributed by atoms with Crippen molar-refractivity contribution in [1.29, 1.82) is 0 Å². The molecule has 2 aromatic carbocycles. The van der Waals surface area contributed by atoms with Crippen LogP contribution in [0.3, 0.4) is 0 Å². The normalized spacial score (nSPS) is 15.2. The summed E-state index contributed by atoms with van der Waals surface area (Å²) >= 11 is 0. The molecule has 1 aliphatic rings. The molecule has 0 fully saturated rings. The van der Waals surface area contributed by atoms with Crippen LogP contribution in [0.2, 0.25) is 0 Å². The Labute approximate surface area is 156 Å². The Morgan fingerprint density at radius 2 is 1.88 bits per heavy atom. The van der Waals surface area contributed by atoms with Crippen molar-refractivity contribution in [3.05, 3.63) is 64.2 Å². The summed E-state index contributed by atoms with van der Waals surface area (Å²) in [6, 6.07) is 12.7. The van der Waals surface area contributed by atoms with Gasteiger partial charge in [0.15, 0.2) is 6.10 Å². The number of amides is 1. The number of nitrogens with one attached hydrogen (secondary N) is 1. The highest BCUT2D eigenvalue weighted by molar-refractivity contribution is 5.81. The fourth-order valence-corrected chi connectivity index (χ4v) is 3.56. The average molecular weight is 351 g/mol. The summed E-state index contributed by atoms with van der Waals surface area (Å²) < 4.78 is 6.04. The highest BCUT2D eigenvalue weighted by atomic mass is 16.5. The van der Waals surface area contributed by atoms with Crippen LogP contribution in [0.5, 0.6) is 5.75 Å². The molecule has 0 heterocycles. The molecule has 3 rings (SSSR count). The molecule has 2 aromatic rings. The molecular weight excluding hydrogens is 322 g/mol. The smallest absolute Gasteiger partial charge is 0.261 e. The monoisotopic (exact) mass is 351 g/mol. The number of rotatable bonds is 6. The Kier molecular flexibility index (Phi) is 5.65. The summed E-state index contributed by atoms with van der Waals surface area (Å²) in [5, 5.41) is 3.13. The highest BCUT2D eigenvalue weighted by Gasteiger charge is 2.22. The van der Waals surface area contributed by atoms with Gasteiger partial charge in [0.25, 0.3) is 5.91 Å². The Morgan fingerprint density at radius 3 is 2.65 bits per heavy atom. The lowest BCUT2D eigenvalue weighted by atomic mass is 10.0. The quantitative estimate of drug-likeness (QED) is 0.810. The van der Waals surface area contributed by atoms with E-state index in [0.29, 0.717) is 6.42 Å². The highest BCUT2D eigenvalue weighted by Crippen LogP contribution is 2.26. The van der Waals surface area contributed by atoms with Crippen LogP contribution in [0, 0.1) is 13.8 Å². The molecule has 0 spiro atoms. The van der Waals surface area contributed by atoms with E-state index in [0.717, 1.165) is 23.3 Å². The first-order chi connectivity index (χ1) is 12.5. The summed E-state index contributed by atoms with van der Waals surface area (Å²) in [4.78, 5) is 12.8. The molecule has 0 saturated carbocycles. The third-order valence-corrected chi connectivity index (χ3v) is 5.26. The summed E-state index contributed by atoms with van der Waals surface area (Å²) in [5.41, 5.74) is 6.24. The second-order valence-corrected chi connectivity index (χ2v) is 7.40.